The summed E-state index contributed by atoms with van der Waals surface area (Å²) in [7, 11) is 3.36. The van der Waals surface area contributed by atoms with Crippen molar-refractivity contribution in [1.29, 1.82) is 0 Å². The standard InChI is InChI=1S/C24H28N4O3/c1-27(17-22-25-23(26-31-22)19-10-12-21(30-2)13-11-19)24(29)20-8-6-18(7-9-20)16-28-14-4-3-5-15-28/h6-13H,3-5,14-17H2,1-2H3. The molecule has 0 bridgehead atoms. The fraction of sp³-hybridized carbons (Fsp3) is 0.375. The number of likely N-dealkylation sites (tertiary alicyclic amines) is 1. The first-order valence-electron chi connectivity index (χ1n) is 10.7. The van der Waals surface area contributed by atoms with Crippen LogP contribution < -0.4 is 4.74 Å². The number of carbonyl (C=O) groups excluding carboxylic acids is 1. The van der Waals surface area contributed by atoms with Gasteiger partial charge in [0.25, 0.3) is 5.91 Å². The van der Waals surface area contributed by atoms with E-state index < -0.39 is 0 Å². The van der Waals surface area contributed by atoms with Crippen LogP contribution in [0, 0.1) is 0 Å². The highest BCUT2D eigenvalue weighted by Crippen LogP contribution is 2.20. The third-order valence-corrected chi connectivity index (χ3v) is 5.59. The molecule has 1 fully saturated rings. The molecule has 1 saturated heterocycles. The maximum Gasteiger partial charge on any atom is 0.254 e. The number of carbonyl (C=O) groups is 1. The van der Waals surface area contributed by atoms with Crippen LogP contribution in [0.4, 0.5) is 0 Å². The van der Waals surface area contributed by atoms with Crippen LogP contribution in [0.15, 0.2) is 53.1 Å². The topological polar surface area (TPSA) is 71.7 Å². The van der Waals surface area contributed by atoms with Crippen LogP contribution in [0.5, 0.6) is 5.75 Å². The van der Waals surface area contributed by atoms with E-state index in [2.05, 4.69) is 15.0 Å². The summed E-state index contributed by atoms with van der Waals surface area (Å²) in [6.45, 7) is 3.51. The highest BCUT2D eigenvalue weighted by Gasteiger charge is 2.17. The van der Waals surface area contributed by atoms with Gasteiger partial charge in [-0.1, -0.05) is 23.7 Å². The molecule has 4 rings (SSSR count). The van der Waals surface area contributed by atoms with E-state index in [4.69, 9.17) is 9.26 Å². The number of rotatable bonds is 7. The van der Waals surface area contributed by atoms with E-state index in [0.29, 0.717) is 17.3 Å². The van der Waals surface area contributed by atoms with Gasteiger partial charge >= 0.3 is 0 Å². The molecule has 0 radical (unpaired) electrons. The van der Waals surface area contributed by atoms with E-state index in [1.165, 1.54) is 24.8 Å². The Bertz CT molecular complexity index is 992. The van der Waals surface area contributed by atoms with Crippen molar-refractivity contribution in [3.05, 3.63) is 65.5 Å². The molecule has 0 unspecified atom stereocenters. The van der Waals surface area contributed by atoms with Gasteiger partial charge in [-0.2, -0.15) is 4.98 Å². The molecule has 2 heterocycles. The quantitative estimate of drug-likeness (QED) is 0.575. The molecule has 0 N–H and O–H groups in total. The van der Waals surface area contributed by atoms with Gasteiger partial charge in [-0.3, -0.25) is 9.69 Å². The molecule has 0 saturated carbocycles. The average Bonchev–Trinajstić information content (AvgIpc) is 3.28. The van der Waals surface area contributed by atoms with Crippen molar-refractivity contribution in [3.63, 3.8) is 0 Å². The number of benzene rings is 2. The number of ether oxygens (including phenoxy) is 1. The van der Waals surface area contributed by atoms with Crippen molar-refractivity contribution in [2.24, 2.45) is 0 Å². The highest BCUT2D eigenvalue weighted by molar-refractivity contribution is 5.94. The van der Waals surface area contributed by atoms with Crippen LogP contribution in [-0.2, 0) is 13.1 Å². The molecular weight excluding hydrogens is 392 g/mol. The zero-order chi connectivity index (χ0) is 21.6. The first-order valence-corrected chi connectivity index (χ1v) is 10.7. The minimum atomic E-state index is -0.0753. The van der Waals surface area contributed by atoms with Crippen LogP contribution in [0.25, 0.3) is 11.4 Å². The molecule has 7 heteroatoms. The Labute approximate surface area is 182 Å². The van der Waals surface area contributed by atoms with Crippen molar-refractivity contribution in [2.45, 2.75) is 32.4 Å². The number of aromatic nitrogens is 2. The Morgan fingerprint density at radius 2 is 1.77 bits per heavy atom. The molecule has 0 spiro atoms. The normalized spacial score (nSPS) is 14.4. The van der Waals surface area contributed by atoms with Gasteiger partial charge in [0.15, 0.2) is 0 Å². The Balaban J connectivity index is 1.35. The van der Waals surface area contributed by atoms with E-state index in [9.17, 15) is 4.79 Å². The Hall–Kier alpha value is -3.19. The Kier molecular flexibility index (Phi) is 6.62. The number of nitrogens with zero attached hydrogens (tertiary/aromatic N) is 4. The van der Waals surface area contributed by atoms with E-state index in [0.717, 1.165) is 30.9 Å². The van der Waals surface area contributed by atoms with Gasteiger partial charge in [0.05, 0.1) is 13.7 Å². The van der Waals surface area contributed by atoms with Gasteiger partial charge in [0.1, 0.15) is 5.75 Å². The minimum absolute atomic E-state index is 0.0753. The highest BCUT2D eigenvalue weighted by atomic mass is 16.5. The minimum Gasteiger partial charge on any atom is -0.497 e. The van der Waals surface area contributed by atoms with Gasteiger partial charge in [0.2, 0.25) is 11.7 Å². The first kappa shape index (κ1) is 21.1. The molecule has 31 heavy (non-hydrogen) atoms. The molecule has 1 aliphatic rings. The summed E-state index contributed by atoms with van der Waals surface area (Å²) >= 11 is 0. The third kappa shape index (κ3) is 5.30. The zero-order valence-electron chi connectivity index (χ0n) is 18.1. The summed E-state index contributed by atoms with van der Waals surface area (Å²) in [5, 5.41) is 4.02. The fourth-order valence-corrected chi connectivity index (χ4v) is 3.80. The van der Waals surface area contributed by atoms with Gasteiger partial charge in [0, 0.05) is 24.7 Å². The van der Waals surface area contributed by atoms with E-state index in [-0.39, 0.29) is 12.5 Å². The summed E-state index contributed by atoms with van der Waals surface area (Å²) in [5.41, 5.74) is 2.72. The summed E-state index contributed by atoms with van der Waals surface area (Å²) in [5.74, 6) is 1.57. The van der Waals surface area contributed by atoms with Crippen LogP contribution in [-0.4, -0.2) is 53.1 Å². The molecule has 162 valence electrons. The number of hydrogen-bond donors (Lipinski definition) is 0. The molecule has 2 aromatic carbocycles. The monoisotopic (exact) mass is 420 g/mol. The third-order valence-electron chi connectivity index (χ3n) is 5.59. The summed E-state index contributed by atoms with van der Waals surface area (Å²) in [4.78, 5) is 21.3. The summed E-state index contributed by atoms with van der Waals surface area (Å²) in [6, 6.07) is 15.3. The van der Waals surface area contributed by atoms with Crippen LogP contribution in [0.2, 0.25) is 0 Å². The second-order valence-corrected chi connectivity index (χ2v) is 7.94. The molecule has 1 aromatic heterocycles. The zero-order valence-corrected chi connectivity index (χ0v) is 18.1. The molecule has 1 aliphatic heterocycles. The summed E-state index contributed by atoms with van der Waals surface area (Å²) in [6.07, 6.45) is 3.88. The molecule has 0 atom stereocenters. The van der Waals surface area contributed by atoms with Crippen LogP contribution in [0.3, 0.4) is 0 Å². The number of amides is 1. The predicted molar refractivity (Wildman–Crippen MR) is 118 cm³/mol. The molecule has 0 aliphatic carbocycles. The van der Waals surface area contributed by atoms with Gasteiger partial charge < -0.3 is 14.2 Å². The fourth-order valence-electron chi connectivity index (χ4n) is 3.80. The maximum absolute atomic E-state index is 12.8. The largest absolute Gasteiger partial charge is 0.497 e. The first-order chi connectivity index (χ1) is 15.1. The molecular formula is C24H28N4O3. The lowest BCUT2D eigenvalue weighted by Crippen LogP contribution is -2.29. The number of piperidine rings is 1. The lowest BCUT2D eigenvalue weighted by atomic mass is 10.1. The van der Waals surface area contributed by atoms with Crippen molar-refractivity contribution in [3.8, 4) is 17.1 Å². The number of hydrogen-bond acceptors (Lipinski definition) is 6. The Morgan fingerprint density at radius 3 is 2.45 bits per heavy atom. The van der Waals surface area contributed by atoms with Gasteiger partial charge in [-0.15, -0.1) is 0 Å². The van der Waals surface area contributed by atoms with E-state index in [1.54, 1.807) is 19.1 Å². The molecule has 3 aromatic rings. The maximum atomic E-state index is 12.8. The van der Waals surface area contributed by atoms with E-state index in [1.807, 2.05) is 48.5 Å². The SMILES string of the molecule is COc1ccc(-c2noc(CN(C)C(=O)c3ccc(CN4CCCCC4)cc3)n2)cc1. The van der Waals surface area contributed by atoms with E-state index >= 15 is 0 Å². The predicted octanol–water partition coefficient (Wildman–Crippen LogP) is 4.00. The lowest BCUT2D eigenvalue weighted by molar-refractivity contribution is 0.0769. The average molecular weight is 421 g/mol. The number of methoxy groups -OCH3 is 1. The van der Waals surface area contributed by atoms with Gasteiger partial charge in [-0.05, 0) is 67.9 Å². The smallest absolute Gasteiger partial charge is 0.254 e. The van der Waals surface area contributed by atoms with Crippen molar-refractivity contribution in [1.82, 2.24) is 19.9 Å². The van der Waals surface area contributed by atoms with Crippen molar-refractivity contribution < 1.29 is 14.1 Å². The van der Waals surface area contributed by atoms with Gasteiger partial charge in [-0.25, -0.2) is 0 Å². The second kappa shape index (κ2) is 9.75. The molecule has 7 nitrogen and oxygen atoms in total. The lowest BCUT2D eigenvalue weighted by Gasteiger charge is -2.26. The second-order valence-electron chi connectivity index (χ2n) is 7.94. The Morgan fingerprint density at radius 1 is 1.06 bits per heavy atom. The van der Waals surface area contributed by atoms with Crippen molar-refractivity contribution in [2.75, 3.05) is 27.2 Å². The van der Waals surface area contributed by atoms with Crippen LogP contribution >= 0.6 is 0 Å². The van der Waals surface area contributed by atoms with Crippen molar-refractivity contribution >= 4 is 5.91 Å². The van der Waals surface area contributed by atoms with Crippen LogP contribution in [0.1, 0.15) is 41.1 Å². The summed E-state index contributed by atoms with van der Waals surface area (Å²) < 4.78 is 10.5. The molecule has 1 amide bonds.